The highest BCUT2D eigenvalue weighted by Gasteiger charge is 2.19. The van der Waals surface area contributed by atoms with E-state index in [4.69, 9.17) is 11.5 Å². The fourth-order valence-electron chi connectivity index (χ4n) is 2.42. The molecule has 0 unspecified atom stereocenters. The first kappa shape index (κ1) is 18.9. The molecule has 3 rings (SSSR count). The van der Waals surface area contributed by atoms with Gasteiger partial charge in [0.2, 0.25) is 0 Å². The predicted octanol–water partition coefficient (Wildman–Crippen LogP) is 1.67. The molecule has 0 radical (unpaired) electrons. The minimum absolute atomic E-state index is 0.0177. The van der Waals surface area contributed by atoms with Crippen molar-refractivity contribution >= 4 is 44.5 Å². The van der Waals surface area contributed by atoms with Crippen molar-refractivity contribution in [1.82, 2.24) is 9.97 Å². The molecule has 0 saturated carbocycles. The first-order valence-electron chi connectivity index (χ1n) is 7.78. The number of hydrogen-bond acceptors (Lipinski definition) is 5. The zero-order chi connectivity index (χ0) is 19.6. The molecule has 3 aromatic rings. The number of fused-ring (bicyclic) bond motifs is 1. The summed E-state index contributed by atoms with van der Waals surface area (Å²) in [4.78, 5) is 23.3. The lowest BCUT2D eigenvalue weighted by Crippen LogP contribution is -2.24. The zero-order valence-corrected chi connectivity index (χ0v) is 16.0. The molecule has 0 saturated heterocycles. The lowest BCUT2D eigenvalue weighted by atomic mass is 10.2. The largest absolute Gasteiger partial charge is 0.370 e. The number of hydrogen-bond donors (Lipinski definition) is 3. The van der Waals surface area contributed by atoms with Crippen LogP contribution in [0.2, 0.25) is 0 Å². The maximum Gasteiger partial charge on any atom is 0.282 e. The van der Waals surface area contributed by atoms with Crippen molar-refractivity contribution in [2.45, 2.75) is 15.8 Å². The molecule has 27 heavy (non-hydrogen) atoms. The Morgan fingerprint density at radius 3 is 2.56 bits per heavy atom. The highest BCUT2D eigenvalue weighted by Crippen LogP contribution is 2.27. The van der Waals surface area contributed by atoms with Crippen LogP contribution in [0.3, 0.4) is 0 Å². The molecule has 0 aliphatic heterocycles. The van der Waals surface area contributed by atoms with Crippen LogP contribution in [-0.2, 0) is 15.6 Å². The number of sulfone groups is 1. The topological polar surface area (TPSA) is 144 Å². The number of aromatic amines is 1. The Kier molecular flexibility index (Phi) is 5.19. The quantitative estimate of drug-likeness (QED) is 0.334. The van der Waals surface area contributed by atoms with Gasteiger partial charge >= 0.3 is 0 Å². The number of nitrogens with zero attached hydrogens (tertiary/aromatic N) is 2. The number of guanidine groups is 1. The van der Waals surface area contributed by atoms with E-state index in [9.17, 15) is 13.2 Å². The van der Waals surface area contributed by atoms with E-state index in [1.807, 2.05) is 30.3 Å². The summed E-state index contributed by atoms with van der Waals surface area (Å²) in [7, 11) is -3.54. The fraction of sp³-hybridized carbons (Fsp3) is 0.118. The van der Waals surface area contributed by atoms with Crippen LogP contribution in [0.5, 0.6) is 0 Å². The number of nitrogens with one attached hydrogen (secondary N) is 1. The molecule has 0 atom stereocenters. The van der Waals surface area contributed by atoms with E-state index in [1.54, 1.807) is 0 Å². The van der Waals surface area contributed by atoms with E-state index in [0.717, 1.165) is 11.8 Å². The number of H-pyrrole nitrogens is 1. The molecular formula is C17H17N5O3S2. The molecule has 1 aromatic heterocycles. The lowest BCUT2D eigenvalue weighted by Gasteiger charge is -2.02. The molecule has 0 aliphatic carbocycles. The summed E-state index contributed by atoms with van der Waals surface area (Å²) in [6.07, 6.45) is 1.06. The molecule has 10 heteroatoms. The first-order valence-corrected chi connectivity index (χ1v) is 10.7. The van der Waals surface area contributed by atoms with E-state index in [0.29, 0.717) is 21.9 Å². The molecule has 1 heterocycles. The summed E-state index contributed by atoms with van der Waals surface area (Å²) in [5.41, 5.74) is 12.4. The normalized spacial score (nSPS) is 11.4. The van der Waals surface area contributed by atoms with E-state index in [-0.39, 0.29) is 10.5 Å². The monoisotopic (exact) mass is 403 g/mol. The molecule has 0 fully saturated rings. The number of benzene rings is 2. The van der Waals surface area contributed by atoms with Crippen molar-refractivity contribution in [3.05, 3.63) is 53.6 Å². The molecule has 2 aromatic carbocycles. The van der Waals surface area contributed by atoms with Gasteiger partial charge in [-0.1, -0.05) is 42.1 Å². The van der Waals surface area contributed by atoms with Crippen LogP contribution < -0.4 is 11.5 Å². The van der Waals surface area contributed by atoms with Gasteiger partial charge in [-0.15, -0.1) is 0 Å². The highest BCUT2D eigenvalue weighted by atomic mass is 32.2. The number of aliphatic imine (C=N–C) groups is 1. The number of aromatic nitrogens is 2. The Bertz CT molecular complexity index is 1130. The Labute approximate surface area is 160 Å². The van der Waals surface area contributed by atoms with Gasteiger partial charge in [0.15, 0.2) is 21.0 Å². The van der Waals surface area contributed by atoms with Crippen molar-refractivity contribution in [3.8, 4) is 0 Å². The Balaban J connectivity index is 2.05. The van der Waals surface area contributed by atoms with Gasteiger partial charge in [-0.25, -0.2) is 13.4 Å². The first-order chi connectivity index (χ1) is 12.7. The number of amides is 1. The van der Waals surface area contributed by atoms with Crippen LogP contribution in [0, 0.1) is 0 Å². The van der Waals surface area contributed by atoms with Gasteiger partial charge in [0.1, 0.15) is 5.52 Å². The third kappa shape index (κ3) is 4.47. The number of carbonyl (C=O) groups is 1. The van der Waals surface area contributed by atoms with Crippen LogP contribution in [0.1, 0.15) is 15.9 Å². The second kappa shape index (κ2) is 7.41. The number of imidazole rings is 1. The third-order valence-corrected chi connectivity index (χ3v) is 5.68. The van der Waals surface area contributed by atoms with Crippen molar-refractivity contribution < 1.29 is 13.2 Å². The molecule has 0 spiro atoms. The van der Waals surface area contributed by atoms with Gasteiger partial charge in [-0.05, 0) is 17.7 Å². The summed E-state index contributed by atoms with van der Waals surface area (Å²) in [5.74, 6) is -0.500. The van der Waals surface area contributed by atoms with Gasteiger partial charge in [-0.3, -0.25) is 4.79 Å². The van der Waals surface area contributed by atoms with Crippen molar-refractivity contribution in [3.63, 3.8) is 0 Å². The summed E-state index contributed by atoms with van der Waals surface area (Å²) < 4.78 is 23.9. The lowest BCUT2D eigenvalue weighted by molar-refractivity contribution is 0.100. The van der Waals surface area contributed by atoms with Crippen molar-refractivity contribution in [2.75, 3.05) is 6.26 Å². The average molecular weight is 403 g/mol. The summed E-state index contributed by atoms with van der Waals surface area (Å²) in [5, 5.41) is 0.554. The molecule has 5 N–H and O–H groups in total. The van der Waals surface area contributed by atoms with Gasteiger partial charge < -0.3 is 16.5 Å². The molecular weight excluding hydrogens is 386 g/mol. The SMILES string of the molecule is CS(=O)(=O)c1cc(C(=O)N=C(N)N)c2nc(SCc3ccccc3)[nH]c2c1. The Hall–Kier alpha value is -2.85. The molecule has 1 amide bonds. The number of carbonyl (C=O) groups excluding carboxylic acids is 1. The van der Waals surface area contributed by atoms with Crippen molar-refractivity contribution in [1.29, 1.82) is 0 Å². The number of thioether (sulfide) groups is 1. The summed E-state index contributed by atoms with van der Waals surface area (Å²) in [6, 6.07) is 12.5. The Morgan fingerprint density at radius 2 is 1.93 bits per heavy atom. The fourth-order valence-corrected chi connectivity index (χ4v) is 3.91. The standard InChI is InChI=1S/C17H17N5O3S2/c1-27(24,25)11-7-12(15(23)22-16(18)19)14-13(8-11)20-17(21-14)26-9-10-5-3-2-4-6-10/h2-8H,9H2,1H3,(H,20,21)(H4,18,19,22,23). The average Bonchev–Trinajstić information content (AvgIpc) is 3.01. The van der Waals surface area contributed by atoms with Crippen LogP contribution in [0.15, 0.2) is 57.5 Å². The molecule has 140 valence electrons. The Morgan fingerprint density at radius 1 is 1.22 bits per heavy atom. The van der Waals surface area contributed by atoms with E-state index in [1.165, 1.54) is 23.9 Å². The van der Waals surface area contributed by atoms with Crippen LogP contribution in [0.4, 0.5) is 0 Å². The predicted molar refractivity (Wildman–Crippen MR) is 105 cm³/mol. The molecule has 0 bridgehead atoms. The minimum Gasteiger partial charge on any atom is -0.370 e. The van der Waals surface area contributed by atoms with E-state index >= 15 is 0 Å². The van der Waals surface area contributed by atoms with E-state index < -0.39 is 21.7 Å². The van der Waals surface area contributed by atoms with Crippen LogP contribution in [-0.4, -0.2) is 36.5 Å². The zero-order valence-electron chi connectivity index (χ0n) is 14.3. The summed E-state index contributed by atoms with van der Waals surface area (Å²) in [6.45, 7) is 0. The van der Waals surface area contributed by atoms with Crippen molar-refractivity contribution in [2.24, 2.45) is 16.5 Å². The number of nitrogens with two attached hydrogens (primary N) is 2. The molecule has 0 aliphatic rings. The van der Waals surface area contributed by atoms with Gasteiger partial charge in [-0.2, -0.15) is 4.99 Å². The second-order valence-electron chi connectivity index (χ2n) is 5.80. The maximum absolute atomic E-state index is 12.3. The second-order valence-corrected chi connectivity index (χ2v) is 8.78. The number of rotatable bonds is 5. The van der Waals surface area contributed by atoms with Crippen LogP contribution >= 0.6 is 11.8 Å². The highest BCUT2D eigenvalue weighted by molar-refractivity contribution is 7.98. The third-order valence-electron chi connectivity index (χ3n) is 3.65. The van der Waals surface area contributed by atoms with Gasteiger partial charge in [0, 0.05) is 12.0 Å². The van der Waals surface area contributed by atoms with E-state index in [2.05, 4.69) is 15.0 Å². The summed E-state index contributed by atoms with van der Waals surface area (Å²) >= 11 is 1.43. The van der Waals surface area contributed by atoms with Gasteiger partial charge in [0.05, 0.1) is 16.0 Å². The molecule has 8 nitrogen and oxygen atoms in total. The van der Waals surface area contributed by atoms with Gasteiger partial charge in [0.25, 0.3) is 5.91 Å². The van der Waals surface area contributed by atoms with Crippen LogP contribution in [0.25, 0.3) is 11.0 Å². The maximum atomic E-state index is 12.3. The minimum atomic E-state index is -3.54. The smallest absolute Gasteiger partial charge is 0.282 e.